The summed E-state index contributed by atoms with van der Waals surface area (Å²) >= 11 is 0. The molecule has 118 valence electrons. The highest BCUT2D eigenvalue weighted by molar-refractivity contribution is 5.86. The predicted molar refractivity (Wildman–Crippen MR) is 82.6 cm³/mol. The van der Waals surface area contributed by atoms with Gasteiger partial charge in [0.1, 0.15) is 5.78 Å². The summed E-state index contributed by atoms with van der Waals surface area (Å²) in [6, 6.07) is 0. The van der Waals surface area contributed by atoms with Crippen molar-refractivity contribution in [1.29, 1.82) is 0 Å². The minimum absolute atomic E-state index is 0.164. The van der Waals surface area contributed by atoms with E-state index in [9.17, 15) is 9.59 Å². The Balaban J connectivity index is 4.32. The van der Waals surface area contributed by atoms with E-state index in [1.54, 1.807) is 0 Å². The maximum Gasteiger partial charge on any atom is 0.309 e. The number of rotatable bonds is 12. The number of carbonyl (C=O) groups excluding carboxylic acids is 2. The largest absolute Gasteiger partial charge is 0.465 e. The van der Waals surface area contributed by atoms with E-state index in [0.29, 0.717) is 19.4 Å². The van der Waals surface area contributed by atoms with Crippen molar-refractivity contribution in [1.82, 2.24) is 0 Å². The SMILES string of the molecule is CCCCCCOC(=O)C(CC)C(CC)C(=O)CCC. The molecular weight excluding hydrogens is 252 g/mol. The van der Waals surface area contributed by atoms with Crippen molar-refractivity contribution in [2.24, 2.45) is 11.8 Å². The van der Waals surface area contributed by atoms with Gasteiger partial charge in [0.15, 0.2) is 0 Å². The molecule has 0 fully saturated rings. The predicted octanol–water partition coefficient (Wildman–Crippen LogP) is 4.53. The van der Waals surface area contributed by atoms with Crippen LogP contribution >= 0.6 is 0 Å². The molecule has 0 aliphatic carbocycles. The molecule has 3 nitrogen and oxygen atoms in total. The minimum Gasteiger partial charge on any atom is -0.465 e. The summed E-state index contributed by atoms with van der Waals surface area (Å²) < 4.78 is 5.36. The first kappa shape index (κ1) is 19.1. The summed E-state index contributed by atoms with van der Waals surface area (Å²) in [4.78, 5) is 24.2. The Bertz CT molecular complexity index is 273. The van der Waals surface area contributed by atoms with Crippen molar-refractivity contribution in [2.75, 3.05) is 6.61 Å². The fourth-order valence-corrected chi connectivity index (χ4v) is 2.59. The smallest absolute Gasteiger partial charge is 0.309 e. The second kappa shape index (κ2) is 11.9. The molecule has 0 bridgehead atoms. The number of Topliss-reactive ketones (excluding diaryl/α,β-unsaturated/α-hetero) is 1. The molecule has 0 heterocycles. The summed E-state index contributed by atoms with van der Waals surface area (Å²) in [7, 11) is 0. The molecule has 2 atom stereocenters. The highest BCUT2D eigenvalue weighted by atomic mass is 16.5. The second-order valence-electron chi connectivity index (χ2n) is 5.47. The molecule has 0 aromatic heterocycles. The van der Waals surface area contributed by atoms with Gasteiger partial charge in [0.2, 0.25) is 0 Å². The van der Waals surface area contributed by atoms with Crippen LogP contribution in [0.2, 0.25) is 0 Å². The van der Waals surface area contributed by atoms with Gasteiger partial charge in [0, 0.05) is 12.3 Å². The van der Waals surface area contributed by atoms with Gasteiger partial charge in [0.05, 0.1) is 12.5 Å². The topological polar surface area (TPSA) is 43.4 Å². The third-order valence-electron chi connectivity index (χ3n) is 3.82. The number of hydrogen-bond donors (Lipinski definition) is 0. The normalized spacial score (nSPS) is 13.8. The Kier molecular flexibility index (Phi) is 11.4. The third kappa shape index (κ3) is 7.06. The lowest BCUT2D eigenvalue weighted by atomic mass is 9.83. The van der Waals surface area contributed by atoms with Crippen LogP contribution in [0.1, 0.15) is 79.1 Å². The molecular formula is C17H32O3. The maximum atomic E-state index is 12.1. The van der Waals surface area contributed by atoms with E-state index >= 15 is 0 Å². The Morgan fingerprint density at radius 1 is 0.850 bits per heavy atom. The Morgan fingerprint density at radius 3 is 2.00 bits per heavy atom. The molecule has 0 spiro atoms. The van der Waals surface area contributed by atoms with E-state index in [2.05, 4.69) is 6.92 Å². The van der Waals surface area contributed by atoms with Gasteiger partial charge in [-0.3, -0.25) is 9.59 Å². The van der Waals surface area contributed by atoms with Gasteiger partial charge in [-0.2, -0.15) is 0 Å². The van der Waals surface area contributed by atoms with Crippen molar-refractivity contribution in [3.05, 3.63) is 0 Å². The summed E-state index contributed by atoms with van der Waals surface area (Å²) in [5.41, 5.74) is 0. The monoisotopic (exact) mass is 284 g/mol. The Hall–Kier alpha value is -0.860. The van der Waals surface area contributed by atoms with Gasteiger partial charge < -0.3 is 4.74 Å². The lowest BCUT2D eigenvalue weighted by Crippen LogP contribution is -2.30. The lowest BCUT2D eigenvalue weighted by Gasteiger charge is -2.22. The first-order chi connectivity index (χ1) is 9.62. The van der Waals surface area contributed by atoms with E-state index in [1.165, 1.54) is 12.8 Å². The van der Waals surface area contributed by atoms with Crippen molar-refractivity contribution < 1.29 is 14.3 Å². The molecule has 0 aromatic rings. The van der Waals surface area contributed by atoms with E-state index in [-0.39, 0.29) is 23.6 Å². The highest BCUT2D eigenvalue weighted by Gasteiger charge is 2.31. The van der Waals surface area contributed by atoms with Crippen LogP contribution in [-0.2, 0) is 14.3 Å². The Morgan fingerprint density at radius 2 is 1.50 bits per heavy atom. The molecule has 0 radical (unpaired) electrons. The summed E-state index contributed by atoms with van der Waals surface area (Å²) in [6.45, 7) is 8.59. The van der Waals surface area contributed by atoms with Crippen molar-refractivity contribution >= 4 is 11.8 Å². The molecule has 0 saturated carbocycles. The molecule has 20 heavy (non-hydrogen) atoms. The zero-order chi connectivity index (χ0) is 15.4. The number of hydrogen-bond acceptors (Lipinski definition) is 3. The van der Waals surface area contributed by atoms with Crippen LogP contribution in [0.15, 0.2) is 0 Å². The molecule has 3 heteroatoms. The highest BCUT2D eigenvalue weighted by Crippen LogP contribution is 2.24. The number of carbonyl (C=O) groups is 2. The molecule has 0 amide bonds. The van der Waals surface area contributed by atoms with Crippen LogP contribution in [0.4, 0.5) is 0 Å². The van der Waals surface area contributed by atoms with Crippen LogP contribution in [0.3, 0.4) is 0 Å². The fraction of sp³-hybridized carbons (Fsp3) is 0.882. The lowest BCUT2D eigenvalue weighted by molar-refractivity contribution is -0.153. The zero-order valence-corrected chi connectivity index (χ0v) is 13.7. The fourth-order valence-electron chi connectivity index (χ4n) is 2.59. The zero-order valence-electron chi connectivity index (χ0n) is 13.7. The van der Waals surface area contributed by atoms with E-state index in [1.807, 2.05) is 20.8 Å². The number of esters is 1. The van der Waals surface area contributed by atoms with Gasteiger partial charge in [-0.15, -0.1) is 0 Å². The van der Waals surface area contributed by atoms with Crippen molar-refractivity contribution in [3.8, 4) is 0 Å². The first-order valence-corrected chi connectivity index (χ1v) is 8.31. The summed E-state index contributed by atoms with van der Waals surface area (Å²) in [6.07, 6.45) is 7.21. The van der Waals surface area contributed by atoms with E-state index in [4.69, 9.17) is 4.74 Å². The third-order valence-corrected chi connectivity index (χ3v) is 3.82. The maximum absolute atomic E-state index is 12.1. The molecule has 0 N–H and O–H groups in total. The van der Waals surface area contributed by atoms with E-state index < -0.39 is 0 Å². The number of ether oxygens (including phenoxy) is 1. The summed E-state index contributed by atoms with van der Waals surface area (Å²) in [5, 5.41) is 0. The number of unbranched alkanes of at least 4 members (excludes halogenated alkanes) is 3. The summed E-state index contributed by atoms with van der Waals surface area (Å²) in [5.74, 6) is -0.390. The van der Waals surface area contributed by atoms with Crippen LogP contribution in [-0.4, -0.2) is 18.4 Å². The molecule has 0 rings (SSSR count). The molecule has 0 aromatic carbocycles. The van der Waals surface area contributed by atoms with Gasteiger partial charge >= 0.3 is 5.97 Å². The van der Waals surface area contributed by atoms with Crippen LogP contribution in [0.5, 0.6) is 0 Å². The minimum atomic E-state index is -0.259. The molecule has 2 unspecified atom stereocenters. The van der Waals surface area contributed by atoms with Crippen molar-refractivity contribution in [2.45, 2.75) is 79.1 Å². The quantitative estimate of drug-likeness (QED) is 0.390. The average molecular weight is 284 g/mol. The first-order valence-electron chi connectivity index (χ1n) is 8.31. The van der Waals surface area contributed by atoms with Gasteiger partial charge in [-0.1, -0.05) is 47.0 Å². The van der Waals surface area contributed by atoms with Gasteiger partial charge in [0.25, 0.3) is 0 Å². The van der Waals surface area contributed by atoms with Crippen LogP contribution in [0, 0.1) is 11.8 Å². The average Bonchev–Trinajstić information content (AvgIpc) is 2.44. The molecule has 0 aliphatic rings. The Labute approximate surface area is 124 Å². The second-order valence-corrected chi connectivity index (χ2v) is 5.47. The van der Waals surface area contributed by atoms with Crippen LogP contribution in [0.25, 0.3) is 0 Å². The number of ketones is 1. The molecule has 0 saturated heterocycles. The van der Waals surface area contributed by atoms with Gasteiger partial charge in [-0.05, 0) is 25.7 Å². The molecule has 0 aliphatic heterocycles. The van der Waals surface area contributed by atoms with Crippen LogP contribution < -0.4 is 0 Å². The van der Waals surface area contributed by atoms with E-state index in [0.717, 1.165) is 25.7 Å². The van der Waals surface area contributed by atoms with Gasteiger partial charge in [-0.25, -0.2) is 0 Å². The van der Waals surface area contributed by atoms with Crippen molar-refractivity contribution in [3.63, 3.8) is 0 Å². The standard InChI is InChI=1S/C17H32O3/c1-5-9-10-11-13-20-17(19)15(8-4)14(7-3)16(18)12-6-2/h14-15H,5-13H2,1-4H3.